The minimum absolute atomic E-state index is 0.00769. The molecule has 2 aromatic rings. The van der Waals surface area contributed by atoms with Crippen molar-refractivity contribution in [2.45, 2.75) is 18.6 Å². The van der Waals surface area contributed by atoms with Gasteiger partial charge in [-0.3, -0.25) is 0 Å². The Labute approximate surface area is 98.2 Å². The molecule has 0 spiro atoms. The van der Waals surface area contributed by atoms with E-state index in [1.54, 1.807) is 12.1 Å². The van der Waals surface area contributed by atoms with Gasteiger partial charge >= 0.3 is 6.18 Å². The van der Waals surface area contributed by atoms with Gasteiger partial charge in [0.05, 0.1) is 0 Å². The Kier molecular flexibility index (Phi) is 3.16. The summed E-state index contributed by atoms with van der Waals surface area (Å²) in [6.45, 7) is 0. The van der Waals surface area contributed by atoms with Crippen LogP contribution in [-0.4, -0.2) is 16.3 Å². The van der Waals surface area contributed by atoms with E-state index in [1.165, 1.54) is 11.3 Å². The van der Waals surface area contributed by atoms with Crippen molar-refractivity contribution in [2.24, 2.45) is 5.73 Å². The van der Waals surface area contributed by atoms with Gasteiger partial charge in [-0.25, -0.2) is 0 Å². The van der Waals surface area contributed by atoms with E-state index in [-0.39, 0.29) is 5.89 Å². The molecule has 1 atom stereocenters. The van der Waals surface area contributed by atoms with Crippen molar-refractivity contribution >= 4 is 11.3 Å². The Hall–Kier alpha value is -1.41. The van der Waals surface area contributed by atoms with Crippen LogP contribution < -0.4 is 5.73 Å². The predicted octanol–water partition coefficient (Wildman–Crippen LogP) is 2.28. The highest BCUT2D eigenvalue weighted by Gasteiger charge is 2.31. The second-order valence-corrected chi connectivity index (χ2v) is 4.31. The van der Waals surface area contributed by atoms with Gasteiger partial charge < -0.3 is 10.3 Å². The van der Waals surface area contributed by atoms with Gasteiger partial charge in [0.25, 0.3) is 0 Å². The predicted molar refractivity (Wildman–Crippen MR) is 54.4 cm³/mol. The average Bonchev–Trinajstić information content (AvgIpc) is 2.83. The zero-order valence-corrected chi connectivity index (χ0v) is 9.26. The smallest absolute Gasteiger partial charge is 0.337 e. The van der Waals surface area contributed by atoms with Gasteiger partial charge in [-0.2, -0.15) is 18.2 Å². The van der Waals surface area contributed by atoms with Crippen molar-refractivity contribution in [2.75, 3.05) is 0 Å². The molecule has 0 aliphatic heterocycles. The Bertz CT molecular complexity index is 480. The van der Waals surface area contributed by atoms with Gasteiger partial charge in [-0.1, -0.05) is 11.2 Å². The van der Waals surface area contributed by atoms with Gasteiger partial charge in [0.1, 0.15) is 12.5 Å². The molecule has 92 valence electrons. The van der Waals surface area contributed by atoms with Crippen molar-refractivity contribution in [1.82, 2.24) is 10.1 Å². The number of alkyl halides is 3. The van der Waals surface area contributed by atoms with Crippen molar-refractivity contribution in [3.63, 3.8) is 0 Å². The third-order valence-corrected chi connectivity index (χ3v) is 2.91. The lowest BCUT2D eigenvalue weighted by atomic mass is 10.2. The van der Waals surface area contributed by atoms with Gasteiger partial charge in [0.2, 0.25) is 5.89 Å². The van der Waals surface area contributed by atoms with Crippen LogP contribution in [0, 0.1) is 0 Å². The van der Waals surface area contributed by atoms with Crippen LogP contribution in [-0.2, 0) is 6.42 Å². The second-order valence-electron chi connectivity index (χ2n) is 3.33. The minimum Gasteiger partial charge on any atom is -0.337 e. The molecular weight excluding hydrogens is 255 g/mol. The molecule has 0 aliphatic rings. The number of nitrogens with two attached hydrogens (primary N) is 1. The molecule has 0 fully saturated rings. The van der Waals surface area contributed by atoms with E-state index >= 15 is 0 Å². The van der Waals surface area contributed by atoms with Crippen LogP contribution in [0.4, 0.5) is 13.2 Å². The molecule has 0 saturated heterocycles. The summed E-state index contributed by atoms with van der Waals surface area (Å²) in [5, 5.41) is 5.06. The third-order valence-electron chi connectivity index (χ3n) is 1.96. The standard InChI is InChI=1S/C9H8F3N3OS/c10-9(11,12)4-6-14-8(16-15-6)7(13)5-2-1-3-17-5/h1-3,7H,4,13H2. The first-order chi connectivity index (χ1) is 7.96. The zero-order valence-electron chi connectivity index (χ0n) is 8.44. The molecule has 1 unspecified atom stereocenters. The number of hydrogen-bond acceptors (Lipinski definition) is 5. The average molecular weight is 263 g/mol. The normalized spacial score (nSPS) is 13.9. The molecule has 0 amide bonds. The molecule has 0 radical (unpaired) electrons. The van der Waals surface area contributed by atoms with Crippen LogP contribution >= 0.6 is 11.3 Å². The molecule has 2 heterocycles. The number of aromatic nitrogens is 2. The fourth-order valence-corrected chi connectivity index (χ4v) is 1.95. The van der Waals surface area contributed by atoms with Gasteiger partial charge in [-0.05, 0) is 11.4 Å². The Morgan fingerprint density at radius 1 is 1.47 bits per heavy atom. The molecule has 0 aliphatic carbocycles. The van der Waals surface area contributed by atoms with Crippen molar-refractivity contribution in [1.29, 1.82) is 0 Å². The number of nitrogens with zero attached hydrogens (tertiary/aromatic N) is 2. The molecular formula is C9H8F3N3OS. The minimum atomic E-state index is -4.35. The highest BCUT2D eigenvalue weighted by atomic mass is 32.1. The molecule has 2 N–H and O–H groups in total. The summed E-state index contributed by atoms with van der Waals surface area (Å²) in [4.78, 5) is 4.39. The quantitative estimate of drug-likeness (QED) is 0.922. The second kappa shape index (κ2) is 4.46. The summed E-state index contributed by atoms with van der Waals surface area (Å²) in [5.41, 5.74) is 5.77. The molecule has 8 heteroatoms. The van der Waals surface area contributed by atoms with Crippen molar-refractivity contribution in [3.8, 4) is 0 Å². The summed E-state index contributed by atoms with van der Waals surface area (Å²) in [6, 6.07) is 2.86. The van der Waals surface area contributed by atoms with Crippen LogP contribution in [0.25, 0.3) is 0 Å². The maximum Gasteiger partial charge on any atom is 0.396 e. The molecule has 4 nitrogen and oxygen atoms in total. The van der Waals surface area contributed by atoms with E-state index < -0.39 is 24.5 Å². The summed E-state index contributed by atoms with van der Waals surface area (Å²) in [7, 11) is 0. The van der Waals surface area contributed by atoms with Crippen LogP contribution in [0.15, 0.2) is 22.0 Å². The lowest BCUT2D eigenvalue weighted by Gasteiger charge is -2.02. The molecule has 0 saturated carbocycles. The van der Waals surface area contributed by atoms with E-state index in [9.17, 15) is 13.2 Å². The van der Waals surface area contributed by atoms with E-state index in [2.05, 4.69) is 10.1 Å². The van der Waals surface area contributed by atoms with E-state index in [0.717, 1.165) is 4.88 Å². The number of hydrogen-bond donors (Lipinski definition) is 1. The van der Waals surface area contributed by atoms with Crippen LogP contribution in [0.5, 0.6) is 0 Å². The summed E-state index contributed by atoms with van der Waals surface area (Å²) >= 11 is 1.37. The zero-order chi connectivity index (χ0) is 12.5. The number of rotatable bonds is 3. The highest BCUT2D eigenvalue weighted by molar-refractivity contribution is 7.10. The Balaban J connectivity index is 2.13. The van der Waals surface area contributed by atoms with Crippen LogP contribution in [0.3, 0.4) is 0 Å². The Morgan fingerprint density at radius 3 is 2.82 bits per heavy atom. The van der Waals surface area contributed by atoms with E-state index in [1.807, 2.05) is 5.38 Å². The van der Waals surface area contributed by atoms with Crippen molar-refractivity contribution < 1.29 is 17.7 Å². The lowest BCUT2D eigenvalue weighted by molar-refractivity contribution is -0.128. The van der Waals surface area contributed by atoms with Gasteiger partial charge in [-0.15, -0.1) is 11.3 Å². The molecule has 0 aromatic carbocycles. The first kappa shape index (κ1) is 12.1. The van der Waals surface area contributed by atoms with E-state index in [4.69, 9.17) is 10.3 Å². The largest absolute Gasteiger partial charge is 0.396 e. The molecule has 2 rings (SSSR count). The molecule has 17 heavy (non-hydrogen) atoms. The van der Waals surface area contributed by atoms with Crippen molar-refractivity contribution in [3.05, 3.63) is 34.1 Å². The first-order valence-electron chi connectivity index (χ1n) is 4.64. The van der Waals surface area contributed by atoms with Crippen LogP contribution in [0.2, 0.25) is 0 Å². The maximum absolute atomic E-state index is 12.1. The number of halogens is 3. The van der Waals surface area contributed by atoms with Gasteiger partial charge in [0.15, 0.2) is 5.82 Å². The summed E-state index contributed by atoms with van der Waals surface area (Å²) < 4.78 is 40.9. The fraction of sp³-hybridized carbons (Fsp3) is 0.333. The first-order valence-corrected chi connectivity index (χ1v) is 5.52. The SMILES string of the molecule is NC(c1nc(CC(F)(F)F)no1)c1cccs1. The summed E-state index contributed by atoms with van der Waals surface area (Å²) in [6.07, 6.45) is -5.57. The molecule has 2 aromatic heterocycles. The van der Waals surface area contributed by atoms with Crippen LogP contribution in [0.1, 0.15) is 22.6 Å². The lowest BCUT2D eigenvalue weighted by Crippen LogP contribution is -2.14. The maximum atomic E-state index is 12.1. The molecule has 0 bridgehead atoms. The number of thiophene rings is 1. The fourth-order valence-electron chi connectivity index (χ4n) is 1.23. The van der Waals surface area contributed by atoms with Gasteiger partial charge in [0, 0.05) is 4.88 Å². The van der Waals surface area contributed by atoms with E-state index in [0.29, 0.717) is 0 Å². The Morgan fingerprint density at radius 2 is 2.24 bits per heavy atom. The highest BCUT2D eigenvalue weighted by Crippen LogP contribution is 2.24. The summed E-state index contributed by atoms with van der Waals surface area (Å²) in [5.74, 6) is -0.411. The topological polar surface area (TPSA) is 64.9 Å². The monoisotopic (exact) mass is 263 g/mol. The third kappa shape index (κ3) is 3.04.